The molecule has 0 heterocycles. The van der Waals surface area contributed by atoms with Crippen molar-refractivity contribution in [3.8, 4) is 11.5 Å². The van der Waals surface area contributed by atoms with Crippen LogP contribution in [0.25, 0.3) is 0 Å². The molecule has 0 fully saturated rings. The van der Waals surface area contributed by atoms with Crippen molar-refractivity contribution in [1.29, 1.82) is 0 Å². The number of para-hydroxylation sites is 2. The van der Waals surface area contributed by atoms with Gasteiger partial charge in [0.05, 0.1) is 39.6 Å². The lowest BCUT2D eigenvalue weighted by molar-refractivity contribution is -0.163. The van der Waals surface area contributed by atoms with E-state index >= 15 is 0 Å². The van der Waals surface area contributed by atoms with Crippen molar-refractivity contribution < 1.29 is 53.2 Å². The fourth-order valence-corrected chi connectivity index (χ4v) is 5.31. The number of benzene rings is 4. The maximum atomic E-state index is 10.2. The molecule has 314 valence electrons. The Bertz CT molecular complexity index is 1470. The Morgan fingerprint density at radius 1 is 0.474 bits per heavy atom. The molecule has 0 bridgehead atoms. The lowest BCUT2D eigenvalue weighted by Crippen LogP contribution is -2.33. The van der Waals surface area contributed by atoms with Gasteiger partial charge in [-0.05, 0) is 74.9 Å². The van der Waals surface area contributed by atoms with Crippen LogP contribution in [0.15, 0.2) is 121 Å². The van der Waals surface area contributed by atoms with E-state index in [9.17, 15) is 15.3 Å². The quantitative estimate of drug-likeness (QED) is 0.0405. The molecular weight excluding hydrogens is 728 g/mol. The Morgan fingerprint density at radius 2 is 0.895 bits per heavy atom. The maximum Gasteiger partial charge on any atom is 0.154 e. The molecule has 57 heavy (non-hydrogen) atoms. The summed E-state index contributed by atoms with van der Waals surface area (Å²) in [4.78, 5) is 0. The normalized spacial score (nSPS) is 13.8. The summed E-state index contributed by atoms with van der Waals surface area (Å²) >= 11 is 0. The van der Waals surface area contributed by atoms with E-state index in [2.05, 4.69) is 24.3 Å². The first kappa shape index (κ1) is 47.5. The standard InChI is InChI=1S/C25H36O6.C21H28O5/c1-3-28-21(2)29-20-25(19-27-16-10-13-22-11-6-4-7-12-22)31-18-23(26)17-30-24-14-8-5-9-15-24;22-14-21(17-24-13-7-10-18-8-3-1-4-9-18)26-16-19(23)15-25-20-11-5-2-6-12-20/h4-9,11-12,14-15,21,23,25-26H,3,10,13,16-20H2,1-2H3;1-6,8-9,11-12,19,21-23H,7,10,13-17H2. The second-order valence-corrected chi connectivity index (χ2v) is 13.3. The van der Waals surface area contributed by atoms with Gasteiger partial charge in [-0.15, -0.1) is 0 Å². The van der Waals surface area contributed by atoms with Crippen molar-refractivity contribution in [3.63, 3.8) is 0 Å². The highest BCUT2D eigenvalue weighted by Gasteiger charge is 2.16. The number of hydrogen-bond acceptors (Lipinski definition) is 11. The molecule has 0 saturated heterocycles. The van der Waals surface area contributed by atoms with Crippen LogP contribution in [-0.4, -0.2) is 119 Å². The number of ether oxygens (including phenoxy) is 8. The van der Waals surface area contributed by atoms with E-state index in [4.69, 9.17) is 37.9 Å². The number of aliphatic hydroxyl groups is 3. The fourth-order valence-electron chi connectivity index (χ4n) is 5.31. The minimum atomic E-state index is -0.762. The summed E-state index contributed by atoms with van der Waals surface area (Å²) in [5.41, 5.74) is 2.59. The predicted octanol–water partition coefficient (Wildman–Crippen LogP) is 6.31. The molecule has 0 aromatic heterocycles. The van der Waals surface area contributed by atoms with Crippen LogP contribution in [-0.2, 0) is 41.3 Å². The smallest absolute Gasteiger partial charge is 0.154 e. The van der Waals surface area contributed by atoms with Crippen molar-refractivity contribution in [1.82, 2.24) is 0 Å². The maximum absolute atomic E-state index is 10.2. The number of aliphatic hydroxyl groups excluding tert-OH is 3. The van der Waals surface area contributed by atoms with Crippen LogP contribution in [0.1, 0.15) is 37.8 Å². The molecule has 4 aromatic rings. The van der Waals surface area contributed by atoms with E-state index in [-0.39, 0.29) is 45.4 Å². The Balaban J connectivity index is 0.000000310. The summed E-state index contributed by atoms with van der Waals surface area (Å²) in [5, 5.41) is 29.5. The van der Waals surface area contributed by atoms with Gasteiger partial charge in [-0.25, -0.2) is 0 Å². The molecule has 0 aliphatic heterocycles. The first-order valence-corrected chi connectivity index (χ1v) is 20.0. The summed E-state index contributed by atoms with van der Waals surface area (Å²) in [6.45, 7) is 6.99. The zero-order valence-corrected chi connectivity index (χ0v) is 33.6. The average molecular weight is 793 g/mol. The summed E-state index contributed by atoms with van der Waals surface area (Å²) in [5.74, 6) is 1.42. The molecule has 0 aliphatic carbocycles. The molecule has 0 radical (unpaired) electrons. The topological polar surface area (TPSA) is 135 Å². The van der Waals surface area contributed by atoms with Gasteiger partial charge in [0.15, 0.2) is 6.29 Å². The number of rotatable bonds is 30. The molecular formula is C46H64O11. The first-order valence-electron chi connectivity index (χ1n) is 20.0. The van der Waals surface area contributed by atoms with Crippen LogP contribution >= 0.6 is 0 Å². The first-order chi connectivity index (χ1) is 27.9. The summed E-state index contributed by atoms with van der Waals surface area (Å²) in [6, 6.07) is 39.3. The molecule has 0 spiro atoms. The van der Waals surface area contributed by atoms with Crippen LogP contribution in [0.5, 0.6) is 11.5 Å². The Hall–Kier alpha value is -3.88. The minimum Gasteiger partial charge on any atom is -0.491 e. The third kappa shape index (κ3) is 23.8. The van der Waals surface area contributed by atoms with Crippen LogP contribution in [0, 0.1) is 0 Å². The number of hydrogen-bond donors (Lipinski definition) is 3. The molecule has 4 aromatic carbocycles. The van der Waals surface area contributed by atoms with Crippen molar-refractivity contribution >= 4 is 0 Å². The molecule has 4 rings (SSSR count). The van der Waals surface area contributed by atoms with Gasteiger partial charge in [0.1, 0.15) is 49.1 Å². The van der Waals surface area contributed by atoms with Gasteiger partial charge >= 0.3 is 0 Å². The molecule has 0 saturated carbocycles. The van der Waals surface area contributed by atoms with E-state index in [0.29, 0.717) is 51.1 Å². The van der Waals surface area contributed by atoms with Crippen LogP contribution < -0.4 is 9.47 Å². The van der Waals surface area contributed by atoms with Crippen LogP contribution in [0.2, 0.25) is 0 Å². The van der Waals surface area contributed by atoms with Crippen molar-refractivity contribution in [2.75, 3.05) is 72.7 Å². The predicted molar refractivity (Wildman–Crippen MR) is 221 cm³/mol. The van der Waals surface area contributed by atoms with Gasteiger partial charge in [0, 0.05) is 19.8 Å². The van der Waals surface area contributed by atoms with Crippen molar-refractivity contribution in [3.05, 3.63) is 132 Å². The molecule has 5 unspecified atom stereocenters. The largest absolute Gasteiger partial charge is 0.491 e. The summed E-state index contributed by atoms with van der Waals surface area (Å²) in [7, 11) is 0. The Labute approximate surface area is 339 Å². The second-order valence-electron chi connectivity index (χ2n) is 13.3. The zero-order chi connectivity index (χ0) is 40.6. The fraction of sp³-hybridized carbons (Fsp3) is 0.478. The van der Waals surface area contributed by atoms with Crippen LogP contribution in [0.3, 0.4) is 0 Å². The van der Waals surface area contributed by atoms with Crippen molar-refractivity contribution in [2.45, 2.75) is 70.2 Å². The minimum absolute atomic E-state index is 0.0887. The van der Waals surface area contributed by atoms with Gasteiger partial charge in [0.2, 0.25) is 0 Å². The Kier molecular flexibility index (Phi) is 26.0. The van der Waals surface area contributed by atoms with E-state index in [1.807, 2.05) is 111 Å². The molecule has 5 atom stereocenters. The third-order valence-corrected chi connectivity index (χ3v) is 8.34. The van der Waals surface area contributed by atoms with E-state index in [1.54, 1.807) is 0 Å². The Morgan fingerprint density at radius 3 is 1.33 bits per heavy atom. The molecule has 11 heteroatoms. The van der Waals surface area contributed by atoms with Gasteiger partial charge in [-0.3, -0.25) is 0 Å². The molecule has 0 amide bonds. The lowest BCUT2D eigenvalue weighted by Gasteiger charge is -2.22. The summed E-state index contributed by atoms with van der Waals surface area (Å²) in [6.07, 6.45) is 1.20. The SMILES string of the molecule is CCOC(C)OCC(COCCCc1ccccc1)OCC(O)COc1ccccc1.OCC(COCCCc1ccccc1)OCC(O)COc1ccccc1. The highest BCUT2D eigenvalue weighted by Crippen LogP contribution is 2.11. The van der Waals surface area contributed by atoms with Crippen molar-refractivity contribution in [2.24, 2.45) is 0 Å². The molecule has 3 N–H and O–H groups in total. The summed E-state index contributed by atoms with van der Waals surface area (Å²) < 4.78 is 44.9. The van der Waals surface area contributed by atoms with Gasteiger partial charge in [-0.2, -0.15) is 0 Å². The van der Waals surface area contributed by atoms with Gasteiger partial charge < -0.3 is 53.2 Å². The molecule has 0 aliphatic rings. The van der Waals surface area contributed by atoms with E-state index in [1.165, 1.54) is 11.1 Å². The van der Waals surface area contributed by atoms with Gasteiger partial charge in [-0.1, -0.05) is 97.1 Å². The molecule has 11 nitrogen and oxygen atoms in total. The van der Waals surface area contributed by atoms with E-state index in [0.717, 1.165) is 25.7 Å². The van der Waals surface area contributed by atoms with Crippen LogP contribution in [0.4, 0.5) is 0 Å². The zero-order valence-electron chi connectivity index (χ0n) is 33.6. The highest BCUT2D eigenvalue weighted by molar-refractivity contribution is 5.21. The third-order valence-electron chi connectivity index (χ3n) is 8.34. The highest BCUT2D eigenvalue weighted by atomic mass is 16.7. The average Bonchev–Trinajstić information content (AvgIpc) is 3.25. The second kappa shape index (κ2) is 31.2. The monoisotopic (exact) mass is 792 g/mol. The number of aryl methyl sites for hydroxylation is 2. The lowest BCUT2D eigenvalue weighted by atomic mass is 10.1. The van der Waals surface area contributed by atoms with E-state index < -0.39 is 18.3 Å². The van der Waals surface area contributed by atoms with Gasteiger partial charge in [0.25, 0.3) is 0 Å².